The lowest BCUT2D eigenvalue weighted by Crippen LogP contribution is -2.27. The van der Waals surface area contributed by atoms with E-state index in [4.69, 9.17) is 19.8 Å². The van der Waals surface area contributed by atoms with Gasteiger partial charge in [0.25, 0.3) is 5.95 Å². The number of rotatable bonds is 3. The van der Waals surface area contributed by atoms with E-state index in [1.54, 1.807) is 0 Å². The Balaban J connectivity index is 1.63. The molecule has 5 rings (SSSR count). The molecule has 3 heterocycles. The summed E-state index contributed by atoms with van der Waals surface area (Å²) < 4.78 is 25.0. The summed E-state index contributed by atoms with van der Waals surface area (Å²) in [5.41, 5.74) is 7.58. The van der Waals surface area contributed by atoms with Gasteiger partial charge in [0.1, 0.15) is 11.4 Å². The van der Waals surface area contributed by atoms with Crippen molar-refractivity contribution in [3.8, 4) is 17.1 Å². The summed E-state index contributed by atoms with van der Waals surface area (Å²) in [7, 11) is 1.98. The molecule has 3 atom stereocenters. The van der Waals surface area contributed by atoms with Gasteiger partial charge in [0.2, 0.25) is 5.88 Å². The molecule has 2 aromatic carbocycles. The van der Waals surface area contributed by atoms with Gasteiger partial charge in [-0.05, 0) is 85.8 Å². The van der Waals surface area contributed by atoms with Crippen molar-refractivity contribution in [2.24, 2.45) is 18.4 Å². The number of hydrogen-bond acceptors (Lipinski definition) is 6. The minimum Gasteiger partial charge on any atom is -0.588 e. The van der Waals surface area contributed by atoms with Crippen LogP contribution in [0.3, 0.4) is 0 Å². The number of nitrogens with zero attached hydrogens (tertiary/aromatic N) is 4. The molecule has 2 aromatic heterocycles. The van der Waals surface area contributed by atoms with E-state index in [2.05, 4.69) is 70.7 Å². The molecule has 216 valence electrons. The summed E-state index contributed by atoms with van der Waals surface area (Å²) in [4.78, 5) is 10.2. The smallest absolute Gasteiger partial charge is 0.269 e. The van der Waals surface area contributed by atoms with Crippen molar-refractivity contribution < 1.29 is 9.29 Å². The molecule has 0 radical (unpaired) electrons. The molecule has 1 aliphatic heterocycles. The highest BCUT2D eigenvalue weighted by molar-refractivity contribution is 7.92. The van der Waals surface area contributed by atoms with E-state index < -0.39 is 11.4 Å². The number of fused-ring (bicyclic) bond motifs is 4. The van der Waals surface area contributed by atoms with E-state index in [1.807, 2.05) is 42.1 Å². The minimum atomic E-state index is -1.53. The monoisotopic (exact) mass is 571 g/mol. The molecular formula is C33H41N5O2S. The van der Waals surface area contributed by atoms with Gasteiger partial charge in [0.05, 0.1) is 18.0 Å². The Morgan fingerprint density at radius 3 is 2.46 bits per heavy atom. The lowest BCUT2D eigenvalue weighted by molar-refractivity contribution is 0.163. The molecule has 0 aliphatic carbocycles. The van der Waals surface area contributed by atoms with Crippen LogP contribution in [0.15, 0.2) is 59.6 Å². The van der Waals surface area contributed by atoms with Gasteiger partial charge in [0, 0.05) is 30.8 Å². The first kappa shape index (κ1) is 29.1. The predicted molar refractivity (Wildman–Crippen MR) is 165 cm³/mol. The highest BCUT2D eigenvalue weighted by Gasteiger charge is 2.31. The Kier molecular flexibility index (Phi) is 8.43. The van der Waals surface area contributed by atoms with E-state index in [0.717, 1.165) is 52.9 Å². The zero-order chi connectivity index (χ0) is 29.3. The lowest BCUT2D eigenvalue weighted by atomic mass is 9.74. The second-order valence-corrected chi connectivity index (χ2v) is 13.7. The van der Waals surface area contributed by atoms with E-state index in [-0.39, 0.29) is 23.2 Å². The van der Waals surface area contributed by atoms with Gasteiger partial charge in [-0.1, -0.05) is 51.1 Å². The highest BCUT2D eigenvalue weighted by Crippen LogP contribution is 2.39. The summed E-state index contributed by atoms with van der Waals surface area (Å²) in [6, 6.07) is 16.1. The van der Waals surface area contributed by atoms with Gasteiger partial charge >= 0.3 is 0 Å². The van der Waals surface area contributed by atoms with Crippen LogP contribution in [0.25, 0.3) is 11.3 Å². The maximum Gasteiger partial charge on any atom is 0.269 e. The van der Waals surface area contributed by atoms with E-state index >= 15 is 0 Å². The number of aryl methyl sites for hydroxylation is 5. The molecule has 4 aromatic rings. The quantitative estimate of drug-likeness (QED) is 0.264. The Morgan fingerprint density at radius 1 is 1.05 bits per heavy atom. The van der Waals surface area contributed by atoms with Crippen molar-refractivity contribution in [1.82, 2.24) is 19.7 Å². The average molecular weight is 572 g/mol. The zero-order valence-electron chi connectivity index (χ0n) is 25.2. The predicted octanol–water partition coefficient (Wildman–Crippen LogP) is 7.10. The number of ether oxygens (including phenoxy) is 1. The number of aromatic nitrogens is 4. The van der Waals surface area contributed by atoms with Crippen molar-refractivity contribution in [3.05, 3.63) is 82.7 Å². The first-order valence-electron chi connectivity index (χ1n) is 14.3. The molecule has 0 saturated heterocycles. The fraction of sp³-hybridized carbons (Fsp3) is 0.424. The second-order valence-electron chi connectivity index (χ2n) is 12.5. The van der Waals surface area contributed by atoms with Crippen molar-refractivity contribution in [2.45, 2.75) is 71.6 Å². The number of anilines is 1. The summed E-state index contributed by atoms with van der Waals surface area (Å²) in [5.74, 6) is 1.22. The summed E-state index contributed by atoms with van der Waals surface area (Å²) in [6.45, 7) is 13.6. The number of hydrogen-bond donors (Lipinski definition) is 1. The van der Waals surface area contributed by atoms with Gasteiger partial charge in [-0.3, -0.25) is 4.68 Å². The summed E-state index contributed by atoms with van der Waals surface area (Å²) in [5, 5.41) is 4.70. The van der Waals surface area contributed by atoms with Crippen LogP contribution in [-0.2, 0) is 24.8 Å². The van der Waals surface area contributed by atoms with E-state index in [9.17, 15) is 4.55 Å². The lowest BCUT2D eigenvalue weighted by Gasteiger charge is -2.32. The molecule has 1 aliphatic rings. The molecule has 0 spiro atoms. The van der Waals surface area contributed by atoms with Crippen LogP contribution in [-0.4, -0.2) is 30.9 Å². The molecule has 1 N–H and O–H groups in total. The average Bonchev–Trinajstić information content (AvgIpc) is 3.23. The Morgan fingerprint density at radius 2 is 1.78 bits per heavy atom. The normalized spacial score (nSPS) is 19.7. The molecule has 8 heteroatoms. The Labute approximate surface area is 247 Å². The summed E-state index contributed by atoms with van der Waals surface area (Å²) in [6.07, 6.45) is 4.94. The standard InChI is InChI=1S/C33H41N5O2S/c1-21-10-8-11-22(2)31(21)29-17-30-35-32(34-29)37-41(39)26-13-9-12-24(16-26)14-15-27(28-19-38(7)36-23(28)3)25(20-40-30)18-33(4,5)6/h8-13,16-17,19,25,27H,14-15,18,20H2,1-7H3,(H,34,35,37)/t25-,27?,41?/m1/s1. The molecule has 0 amide bonds. The molecule has 2 unspecified atom stereocenters. The topological polar surface area (TPSA) is 87.9 Å². The first-order chi connectivity index (χ1) is 19.5. The third-order valence-electron chi connectivity index (χ3n) is 7.82. The largest absolute Gasteiger partial charge is 0.588 e. The molecule has 0 fully saturated rings. The molecular weight excluding hydrogens is 530 g/mol. The van der Waals surface area contributed by atoms with Crippen molar-refractivity contribution >= 4 is 17.3 Å². The van der Waals surface area contributed by atoms with E-state index in [0.29, 0.717) is 17.4 Å². The number of nitrogens with one attached hydrogen (secondary N) is 1. The van der Waals surface area contributed by atoms with Crippen molar-refractivity contribution in [1.29, 1.82) is 0 Å². The third-order valence-corrected chi connectivity index (χ3v) is 8.87. The van der Waals surface area contributed by atoms with Crippen molar-refractivity contribution in [2.75, 3.05) is 11.3 Å². The number of benzene rings is 2. The molecule has 41 heavy (non-hydrogen) atoms. The van der Waals surface area contributed by atoms with Gasteiger partial charge < -0.3 is 9.29 Å². The van der Waals surface area contributed by atoms with Crippen molar-refractivity contribution in [3.63, 3.8) is 0 Å². The maximum atomic E-state index is 13.4. The highest BCUT2D eigenvalue weighted by atomic mass is 32.2. The molecule has 0 saturated carbocycles. The van der Waals surface area contributed by atoms with Crippen LogP contribution >= 0.6 is 0 Å². The van der Waals surface area contributed by atoms with Gasteiger partial charge in [-0.15, -0.1) is 0 Å². The summed E-state index contributed by atoms with van der Waals surface area (Å²) >= 11 is -1.53. The second kappa shape index (κ2) is 11.9. The fourth-order valence-corrected chi connectivity index (χ4v) is 6.93. The van der Waals surface area contributed by atoms with Crippen LogP contribution in [0.5, 0.6) is 5.88 Å². The Hall–Kier alpha value is -3.36. The minimum absolute atomic E-state index is 0.104. The molecule has 7 nitrogen and oxygen atoms in total. The fourth-order valence-electron chi connectivity index (χ4n) is 6.09. The van der Waals surface area contributed by atoms with Crippen LogP contribution in [0.2, 0.25) is 0 Å². The van der Waals surface area contributed by atoms with Gasteiger partial charge in [0.15, 0.2) is 4.90 Å². The van der Waals surface area contributed by atoms with Crippen LogP contribution in [0.1, 0.15) is 67.5 Å². The van der Waals surface area contributed by atoms with Gasteiger partial charge in [-0.25, -0.2) is 4.98 Å². The first-order valence-corrected chi connectivity index (χ1v) is 15.5. The van der Waals surface area contributed by atoms with Crippen LogP contribution in [0, 0.1) is 32.1 Å². The molecule has 4 bridgehead atoms. The zero-order valence-corrected chi connectivity index (χ0v) is 26.0. The van der Waals surface area contributed by atoms with E-state index in [1.165, 1.54) is 5.56 Å². The maximum absolute atomic E-state index is 13.4. The third kappa shape index (κ3) is 6.93. The van der Waals surface area contributed by atoms with Crippen LogP contribution < -0.4 is 9.46 Å². The van der Waals surface area contributed by atoms with Gasteiger partial charge in [-0.2, -0.15) is 14.8 Å². The SMILES string of the molecule is Cc1cccc(C)c1-c1cc2nc(n1)N[S+]([O-])c1cccc(c1)CCC(c1cn(C)nc1C)[C@H](CC(C)(C)C)CO2. The Bertz CT molecular complexity index is 1510. The van der Waals surface area contributed by atoms with Crippen LogP contribution in [0.4, 0.5) is 5.95 Å².